The lowest BCUT2D eigenvalue weighted by Crippen LogP contribution is -2.07. The van der Waals surface area contributed by atoms with Crippen molar-refractivity contribution in [3.8, 4) is 17.2 Å². The Kier molecular flexibility index (Phi) is 5.03. The quantitative estimate of drug-likeness (QED) is 0.657. The molecule has 1 amide bonds. The van der Waals surface area contributed by atoms with E-state index in [1.54, 1.807) is 44.6 Å². The fraction of sp³-hybridized carbons (Fsp3) is 0.118. The SMILES string of the molecule is COc1ccc(/C=C/C(=O)Nc2ccc(O)cc2)cc1OC. The first-order valence-corrected chi connectivity index (χ1v) is 6.62. The monoisotopic (exact) mass is 299 g/mol. The molecule has 0 aliphatic heterocycles. The van der Waals surface area contributed by atoms with Gasteiger partial charge in [-0.3, -0.25) is 4.79 Å². The molecule has 0 spiro atoms. The molecule has 0 aliphatic rings. The first-order chi connectivity index (χ1) is 10.6. The molecule has 0 fully saturated rings. The van der Waals surface area contributed by atoms with Crippen molar-refractivity contribution >= 4 is 17.7 Å². The standard InChI is InChI=1S/C17H17NO4/c1-21-15-9-3-12(11-16(15)22-2)4-10-17(20)18-13-5-7-14(19)8-6-13/h3-11,19H,1-2H3,(H,18,20)/b10-4+. The highest BCUT2D eigenvalue weighted by Gasteiger charge is 2.03. The van der Waals surface area contributed by atoms with Crippen molar-refractivity contribution in [1.29, 1.82) is 0 Å². The van der Waals surface area contributed by atoms with Crippen molar-refractivity contribution in [2.75, 3.05) is 19.5 Å². The summed E-state index contributed by atoms with van der Waals surface area (Å²) in [6.07, 6.45) is 3.10. The van der Waals surface area contributed by atoms with E-state index in [2.05, 4.69) is 5.32 Å². The predicted molar refractivity (Wildman–Crippen MR) is 85.3 cm³/mol. The molecule has 2 aromatic rings. The Labute approximate surface area is 128 Å². The summed E-state index contributed by atoms with van der Waals surface area (Å²) in [5, 5.41) is 11.9. The third-order valence-electron chi connectivity index (χ3n) is 2.97. The molecule has 0 saturated heterocycles. The lowest BCUT2D eigenvalue weighted by atomic mass is 10.2. The molecule has 0 aromatic heterocycles. The minimum atomic E-state index is -0.263. The Hall–Kier alpha value is -2.95. The molecule has 5 nitrogen and oxygen atoms in total. The van der Waals surface area contributed by atoms with Gasteiger partial charge < -0.3 is 19.9 Å². The van der Waals surface area contributed by atoms with E-state index in [4.69, 9.17) is 9.47 Å². The molecule has 2 N–H and O–H groups in total. The molecule has 0 atom stereocenters. The summed E-state index contributed by atoms with van der Waals surface area (Å²) in [6.45, 7) is 0. The highest BCUT2D eigenvalue weighted by Crippen LogP contribution is 2.27. The van der Waals surface area contributed by atoms with Gasteiger partial charge in [0.15, 0.2) is 11.5 Å². The number of phenols is 1. The molecule has 0 aliphatic carbocycles. The zero-order chi connectivity index (χ0) is 15.9. The summed E-state index contributed by atoms with van der Waals surface area (Å²) >= 11 is 0. The number of phenolic OH excluding ortho intramolecular Hbond substituents is 1. The second kappa shape index (κ2) is 7.17. The summed E-state index contributed by atoms with van der Waals surface area (Å²) in [6, 6.07) is 11.6. The number of carbonyl (C=O) groups is 1. The third-order valence-corrected chi connectivity index (χ3v) is 2.97. The molecule has 0 radical (unpaired) electrons. The van der Waals surface area contributed by atoms with Gasteiger partial charge in [-0.2, -0.15) is 0 Å². The average molecular weight is 299 g/mol. The molecular weight excluding hydrogens is 282 g/mol. The van der Waals surface area contributed by atoms with E-state index < -0.39 is 0 Å². The maximum Gasteiger partial charge on any atom is 0.248 e. The molecule has 0 heterocycles. The van der Waals surface area contributed by atoms with Crippen molar-refractivity contribution in [2.24, 2.45) is 0 Å². The third kappa shape index (κ3) is 4.02. The number of rotatable bonds is 5. The maximum absolute atomic E-state index is 11.8. The van der Waals surface area contributed by atoms with Crippen LogP contribution in [0, 0.1) is 0 Å². The van der Waals surface area contributed by atoms with Crippen LogP contribution < -0.4 is 14.8 Å². The molecule has 22 heavy (non-hydrogen) atoms. The zero-order valence-electron chi connectivity index (χ0n) is 12.4. The molecule has 0 saturated carbocycles. The van der Waals surface area contributed by atoms with Crippen LogP contribution in [0.15, 0.2) is 48.5 Å². The Bertz CT molecular complexity index is 678. The minimum Gasteiger partial charge on any atom is -0.508 e. The molecular formula is C17H17NO4. The normalized spacial score (nSPS) is 10.5. The van der Waals surface area contributed by atoms with Gasteiger partial charge in [0.05, 0.1) is 14.2 Å². The van der Waals surface area contributed by atoms with Crippen molar-refractivity contribution in [2.45, 2.75) is 0 Å². The lowest BCUT2D eigenvalue weighted by Gasteiger charge is -2.07. The van der Waals surface area contributed by atoms with E-state index in [0.717, 1.165) is 5.56 Å². The number of amides is 1. The summed E-state index contributed by atoms with van der Waals surface area (Å²) in [5.41, 5.74) is 1.43. The molecule has 114 valence electrons. The average Bonchev–Trinajstić information content (AvgIpc) is 2.54. The number of hydrogen-bond donors (Lipinski definition) is 2. The van der Waals surface area contributed by atoms with Gasteiger partial charge in [-0.1, -0.05) is 6.07 Å². The summed E-state index contributed by atoms with van der Waals surface area (Å²) in [7, 11) is 3.13. The first-order valence-electron chi connectivity index (χ1n) is 6.62. The largest absolute Gasteiger partial charge is 0.508 e. The van der Waals surface area contributed by atoms with Gasteiger partial charge in [-0.25, -0.2) is 0 Å². The molecule has 5 heteroatoms. The number of ether oxygens (including phenoxy) is 2. The summed E-state index contributed by atoms with van der Waals surface area (Å²) in [4.78, 5) is 11.8. The fourth-order valence-corrected chi connectivity index (χ4v) is 1.86. The number of anilines is 1. The Balaban J connectivity index is 2.04. The van der Waals surface area contributed by atoms with Crippen LogP contribution in [0.4, 0.5) is 5.69 Å². The lowest BCUT2D eigenvalue weighted by molar-refractivity contribution is -0.111. The van der Waals surface area contributed by atoms with Crippen molar-refractivity contribution in [3.63, 3.8) is 0 Å². The maximum atomic E-state index is 11.8. The Morgan fingerprint density at radius 1 is 1.05 bits per heavy atom. The van der Waals surface area contributed by atoms with Gasteiger partial charge in [0.2, 0.25) is 5.91 Å². The van der Waals surface area contributed by atoms with Gasteiger partial charge >= 0.3 is 0 Å². The van der Waals surface area contributed by atoms with Gasteiger partial charge in [0.1, 0.15) is 5.75 Å². The second-order valence-corrected chi connectivity index (χ2v) is 4.48. The Morgan fingerprint density at radius 2 is 1.73 bits per heavy atom. The minimum absolute atomic E-state index is 0.152. The first kappa shape index (κ1) is 15.4. The molecule has 0 bridgehead atoms. The van der Waals surface area contributed by atoms with Crippen LogP contribution in [-0.4, -0.2) is 25.2 Å². The van der Waals surface area contributed by atoms with E-state index in [1.807, 2.05) is 6.07 Å². The topological polar surface area (TPSA) is 67.8 Å². The smallest absolute Gasteiger partial charge is 0.248 e. The van der Waals surface area contributed by atoms with Crippen LogP contribution in [-0.2, 0) is 4.79 Å². The van der Waals surface area contributed by atoms with Gasteiger partial charge in [-0.05, 0) is 48.0 Å². The second-order valence-electron chi connectivity index (χ2n) is 4.48. The van der Waals surface area contributed by atoms with E-state index in [9.17, 15) is 9.90 Å². The number of aromatic hydroxyl groups is 1. The Morgan fingerprint density at radius 3 is 2.36 bits per heavy atom. The zero-order valence-corrected chi connectivity index (χ0v) is 12.4. The number of hydrogen-bond acceptors (Lipinski definition) is 4. The van der Waals surface area contributed by atoms with Crippen LogP contribution in [0.5, 0.6) is 17.2 Å². The van der Waals surface area contributed by atoms with Crippen LogP contribution >= 0.6 is 0 Å². The number of methoxy groups -OCH3 is 2. The van der Waals surface area contributed by atoms with Gasteiger partial charge in [0.25, 0.3) is 0 Å². The summed E-state index contributed by atoms with van der Waals surface area (Å²) in [5.74, 6) is 1.12. The van der Waals surface area contributed by atoms with Gasteiger partial charge in [0, 0.05) is 11.8 Å². The predicted octanol–water partition coefficient (Wildman–Crippen LogP) is 3.06. The number of carbonyl (C=O) groups excluding carboxylic acids is 1. The number of nitrogens with one attached hydrogen (secondary N) is 1. The van der Waals surface area contributed by atoms with Crippen LogP contribution in [0.2, 0.25) is 0 Å². The van der Waals surface area contributed by atoms with Crippen molar-refractivity contribution in [1.82, 2.24) is 0 Å². The van der Waals surface area contributed by atoms with E-state index in [0.29, 0.717) is 17.2 Å². The molecule has 2 aromatic carbocycles. The number of benzene rings is 2. The molecule has 0 unspecified atom stereocenters. The van der Waals surface area contributed by atoms with E-state index >= 15 is 0 Å². The highest BCUT2D eigenvalue weighted by atomic mass is 16.5. The van der Waals surface area contributed by atoms with Crippen LogP contribution in [0.1, 0.15) is 5.56 Å². The van der Waals surface area contributed by atoms with E-state index in [1.165, 1.54) is 18.2 Å². The van der Waals surface area contributed by atoms with Crippen molar-refractivity contribution < 1.29 is 19.4 Å². The van der Waals surface area contributed by atoms with Crippen LogP contribution in [0.3, 0.4) is 0 Å². The van der Waals surface area contributed by atoms with Gasteiger partial charge in [-0.15, -0.1) is 0 Å². The molecule has 2 rings (SSSR count). The summed E-state index contributed by atoms with van der Waals surface area (Å²) < 4.78 is 10.4. The van der Waals surface area contributed by atoms with E-state index in [-0.39, 0.29) is 11.7 Å². The van der Waals surface area contributed by atoms with Crippen molar-refractivity contribution in [3.05, 3.63) is 54.1 Å². The fourth-order valence-electron chi connectivity index (χ4n) is 1.86. The highest BCUT2D eigenvalue weighted by molar-refractivity contribution is 6.01. The van der Waals surface area contributed by atoms with Crippen LogP contribution in [0.25, 0.3) is 6.08 Å².